The van der Waals surface area contributed by atoms with Crippen molar-refractivity contribution in [3.05, 3.63) is 35.6 Å². The molecule has 2 N–H and O–H groups in total. The maximum Gasteiger partial charge on any atom is 0.128 e. The Labute approximate surface area is 122 Å². The minimum atomic E-state index is -0.134. The molecule has 1 aliphatic rings. The van der Waals surface area contributed by atoms with Crippen molar-refractivity contribution in [2.24, 2.45) is 11.7 Å². The van der Waals surface area contributed by atoms with E-state index in [1.165, 1.54) is 18.9 Å². The van der Waals surface area contributed by atoms with E-state index in [1.807, 2.05) is 19.1 Å². The fourth-order valence-corrected chi connectivity index (χ4v) is 2.84. The van der Waals surface area contributed by atoms with Gasteiger partial charge in [-0.05, 0) is 44.7 Å². The number of benzene rings is 1. The van der Waals surface area contributed by atoms with Crippen LogP contribution in [0.4, 0.5) is 4.39 Å². The largest absolute Gasteiger partial charge is 0.326 e. The minimum Gasteiger partial charge on any atom is -0.326 e. The Morgan fingerprint density at radius 3 is 2.40 bits per heavy atom. The summed E-state index contributed by atoms with van der Waals surface area (Å²) in [6, 6.07) is 7.58. The Balaban J connectivity index is 2.23. The topological polar surface area (TPSA) is 29.3 Å². The molecule has 2 rings (SSSR count). The molecule has 0 radical (unpaired) electrons. The zero-order valence-corrected chi connectivity index (χ0v) is 12.8. The van der Waals surface area contributed by atoms with Crippen LogP contribution in [0.25, 0.3) is 0 Å². The second kappa shape index (κ2) is 6.68. The average Bonchev–Trinajstić information content (AvgIpc) is 3.19. The van der Waals surface area contributed by atoms with Gasteiger partial charge in [0.15, 0.2) is 0 Å². The Morgan fingerprint density at radius 2 is 1.90 bits per heavy atom. The van der Waals surface area contributed by atoms with Gasteiger partial charge < -0.3 is 5.73 Å². The lowest BCUT2D eigenvalue weighted by Crippen LogP contribution is -2.42. The third-order valence-electron chi connectivity index (χ3n) is 4.06. The molecule has 20 heavy (non-hydrogen) atoms. The number of hydrogen-bond acceptors (Lipinski definition) is 2. The Morgan fingerprint density at radius 1 is 1.25 bits per heavy atom. The van der Waals surface area contributed by atoms with Crippen molar-refractivity contribution in [3.63, 3.8) is 0 Å². The van der Waals surface area contributed by atoms with Crippen LogP contribution in [0.15, 0.2) is 24.3 Å². The van der Waals surface area contributed by atoms with Crippen LogP contribution in [-0.4, -0.2) is 23.5 Å². The second-order valence-electron chi connectivity index (χ2n) is 6.48. The van der Waals surface area contributed by atoms with Crippen molar-refractivity contribution >= 4 is 0 Å². The van der Waals surface area contributed by atoms with Crippen molar-refractivity contribution < 1.29 is 4.39 Å². The van der Waals surface area contributed by atoms with E-state index in [2.05, 4.69) is 18.7 Å². The first-order valence-corrected chi connectivity index (χ1v) is 7.76. The van der Waals surface area contributed by atoms with E-state index in [4.69, 9.17) is 5.73 Å². The van der Waals surface area contributed by atoms with E-state index in [0.717, 1.165) is 18.5 Å². The molecule has 0 aliphatic heterocycles. The summed E-state index contributed by atoms with van der Waals surface area (Å²) in [5, 5.41) is 0. The molecule has 0 amide bonds. The molecule has 2 atom stereocenters. The summed E-state index contributed by atoms with van der Waals surface area (Å²) in [7, 11) is 0. The van der Waals surface area contributed by atoms with Gasteiger partial charge in [-0.2, -0.15) is 0 Å². The first-order chi connectivity index (χ1) is 9.50. The molecule has 0 heterocycles. The van der Waals surface area contributed by atoms with E-state index in [-0.39, 0.29) is 17.9 Å². The first-order valence-electron chi connectivity index (χ1n) is 7.76. The number of hydrogen-bond donors (Lipinski definition) is 1. The number of halogens is 1. The van der Waals surface area contributed by atoms with Crippen molar-refractivity contribution in [1.29, 1.82) is 0 Å². The Bertz CT molecular complexity index is 427. The molecule has 0 aromatic heterocycles. The van der Waals surface area contributed by atoms with Crippen molar-refractivity contribution in [3.8, 4) is 0 Å². The van der Waals surface area contributed by atoms with Gasteiger partial charge in [0.2, 0.25) is 0 Å². The van der Waals surface area contributed by atoms with E-state index in [0.29, 0.717) is 12.0 Å². The maximum atomic E-state index is 14.2. The van der Waals surface area contributed by atoms with Gasteiger partial charge in [0.05, 0.1) is 6.04 Å². The van der Waals surface area contributed by atoms with Gasteiger partial charge in [-0.15, -0.1) is 0 Å². The van der Waals surface area contributed by atoms with Crippen molar-refractivity contribution in [2.45, 2.75) is 58.2 Å². The monoisotopic (exact) mass is 278 g/mol. The molecule has 1 saturated carbocycles. The molecule has 0 bridgehead atoms. The lowest BCUT2D eigenvalue weighted by molar-refractivity contribution is 0.154. The smallest absolute Gasteiger partial charge is 0.128 e. The molecule has 1 aromatic rings. The van der Waals surface area contributed by atoms with Gasteiger partial charge in [0.25, 0.3) is 0 Å². The van der Waals surface area contributed by atoms with Crippen molar-refractivity contribution in [1.82, 2.24) is 4.90 Å². The summed E-state index contributed by atoms with van der Waals surface area (Å²) in [6.07, 6.45) is 3.57. The fraction of sp³-hybridized carbons (Fsp3) is 0.647. The molecule has 112 valence electrons. The first kappa shape index (κ1) is 15.5. The second-order valence-corrected chi connectivity index (χ2v) is 6.48. The van der Waals surface area contributed by atoms with Gasteiger partial charge in [-0.1, -0.05) is 32.0 Å². The zero-order valence-electron chi connectivity index (χ0n) is 12.8. The molecule has 0 saturated heterocycles. The summed E-state index contributed by atoms with van der Waals surface area (Å²) in [5.74, 6) is 0.524. The van der Waals surface area contributed by atoms with Crippen molar-refractivity contribution in [2.75, 3.05) is 6.54 Å². The molecule has 2 nitrogen and oxygen atoms in total. The van der Waals surface area contributed by atoms with Crippen LogP contribution < -0.4 is 5.73 Å². The van der Waals surface area contributed by atoms with Crippen LogP contribution in [-0.2, 0) is 0 Å². The van der Waals surface area contributed by atoms with Crippen LogP contribution in [0, 0.1) is 11.7 Å². The summed E-state index contributed by atoms with van der Waals surface area (Å²) in [4.78, 5) is 2.43. The van der Waals surface area contributed by atoms with Crippen LogP contribution in [0.2, 0.25) is 0 Å². The summed E-state index contributed by atoms with van der Waals surface area (Å²) >= 11 is 0. The molecule has 3 heteroatoms. The van der Waals surface area contributed by atoms with Crippen LogP contribution in [0.3, 0.4) is 0 Å². The summed E-state index contributed by atoms with van der Waals surface area (Å²) in [5.41, 5.74) is 6.95. The quantitative estimate of drug-likeness (QED) is 0.823. The number of rotatable bonds is 7. The predicted molar refractivity (Wildman–Crippen MR) is 82.0 cm³/mol. The third-order valence-corrected chi connectivity index (χ3v) is 4.06. The summed E-state index contributed by atoms with van der Waals surface area (Å²) < 4.78 is 14.2. The standard InChI is InChI=1S/C17H27FN2/c1-12(2)10-11-20(14-8-9-14)17(13(3)19)15-6-4-5-7-16(15)18/h4-7,12-14,17H,8-11,19H2,1-3H3. The van der Waals surface area contributed by atoms with Crippen LogP contribution >= 0.6 is 0 Å². The minimum absolute atomic E-state index is 0.0116. The average molecular weight is 278 g/mol. The van der Waals surface area contributed by atoms with Crippen LogP contribution in [0.5, 0.6) is 0 Å². The molecule has 1 fully saturated rings. The normalized spacial score (nSPS) is 18.6. The third kappa shape index (κ3) is 3.80. The SMILES string of the molecule is CC(C)CCN(C1CC1)C(c1ccccc1F)C(C)N. The van der Waals surface area contributed by atoms with Gasteiger partial charge >= 0.3 is 0 Å². The molecule has 0 spiro atoms. The highest BCUT2D eigenvalue weighted by Crippen LogP contribution is 2.36. The van der Waals surface area contributed by atoms with E-state index in [1.54, 1.807) is 6.07 Å². The van der Waals surface area contributed by atoms with E-state index < -0.39 is 0 Å². The number of nitrogens with two attached hydrogens (primary N) is 1. The molecule has 1 aromatic carbocycles. The predicted octanol–water partition coefficient (Wildman–Crippen LogP) is 3.72. The lowest BCUT2D eigenvalue weighted by Gasteiger charge is -2.35. The van der Waals surface area contributed by atoms with Gasteiger partial charge in [0.1, 0.15) is 5.82 Å². The van der Waals surface area contributed by atoms with Gasteiger partial charge in [0, 0.05) is 17.6 Å². The lowest BCUT2D eigenvalue weighted by atomic mass is 9.97. The van der Waals surface area contributed by atoms with E-state index >= 15 is 0 Å². The molecular formula is C17H27FN2. The highest BCUT2D eigenvalue weighted by atomic mass is 19.1. The highest BCUT2D eigenvalue weighted by Gasteiger charge is 2.36. The van der Waals surface area contributed by atoms with Crippen LogP contribution in [0.1, 0.15) is 51.6 Å². The Kier molecular flexibility index (Phi) is 5.17. The zero-order chi connectivity index (χ0) is 14.7. The molecule has 2 unspecified atom stereocenters. The van der Waals surface area contributed by atoms with E-state index in [9.17, 15) is 4.39 Å². The fourth-order valence-electron chi connectivity index (χ4n) is 2.84. The molecular weight excluding hydrogens is 251 g/mol. The number of nitrogens with zero attached hydrogens (tertiary/aromatic N) is 1. The molecule has 1 aliphatic carbocycles. The highest BCUT2D eigenvalue weighted by molar-refractivity contribution is 5.23. The Hall–Kier alpha value is -0.930. The maximum absolute atomic E-state index is 14.2. The summed E-state index contributed by atoms with van der Waals surface area (Å²) in [6.45, 7) is 7.45. The van der Waals surface area contributed by atoms with Gasteiger partial charge in [-0.3, -0.25) is 4.90 Å². The van der Waals surface area contributed by atoms with Gasteiger partial charge in [-0.25, -0.2) is 4.39 Å².